The Morgan fingerprint density at radius 3 is 2.82 bits per heavy atom. The van der Waals surface area contributed by atoms with Gasteiger partial charge in [0.15, 0.2) is 0 Å². The van der Waals surface area contributed by atoms with Gasteiger partial charge in [-0.3, -0.25) is 4.99 Å². The Morgan fingerprint density at radius 1 is 1.43 bits per heavy atom. The quantitative estimate of drug-likeness (QED) is 0.515. The maximum atomic E-state index is 10.5. The molecule has 0 spiro atoms. The summed E-state index contributed by atoms with van der Waals surface area (Å²) in [5.74, 6) is 0.682. The average molecular weight is 400 g/mol. The van der Waals surface area contributed by atoms with E-state index in [2.05, 4.69) is 30.4 Å². The normalized spacial score (nSPS) is 18.0. The van der Waals surface area contributed by atoms with Crippen LogP contribution in [0.1, 0.15) is 12.0 Å². The van der Waals surface area contributed by atoms with Crippen molar-refractivity contribution < 1.29 is 5.11 Å². The molecular formula is C19H25N7OS. The number of hydrogen-bond acceptors (Lipinski definition) is 9. The average Bonchev–Trinajstić information content (AvgIpc) is 3.21. The molecule has 2 aromatic rings. The Morgan fingerprint density at radius 2 is 2.25 bits per heavy atom. The molecule has 1 aliphatic rings. The van der Waals surface area contributed by atoms with Gasteiger partial charge < -0.3 is 21.1 Å². The van der Waals surface area contributed by atoms with E-state index in [-0.39, 0.29) is 5.75 Å². The number of aromatic hydroxyl groups is 1. The van der Waals surface area contributed by atoms with Gasteiger partial charge in [-0.2, -0.15) is 0 Å². The summed E-state index contributed by atoms with van der Waals surface area (Å²) in [5.41, 5.74) is 8.44. The summed E-state index contributed by atoms with van der Waals surface area (Å²) in [5, 5.41) is 23.0. The van der Waals surface area contributed by atoms with Gasteiger partial charge in [0.05, 0.1) is 11.2 Å². The van der Waals surface area contributed by atoms with Crippen LogP contribution < -0.4 is 16.0 Å². The Kier molecular flexibility index (Phi) is 6.48. The van der Waals surface area contributed by atoms with E-state index in [1.54, 1.807) is 31.5 Å². The van der Waals surface area contributed by atoms with Crippen molar-refractivity contribution in [2.24, 2.45) is 10.7 Å². The van der Waals surface area contributed by atoms with E-state index >= 15 is 0 Å². The van der Waals surface area contributed by atoms with E-state index in [1.807, 2.05) is 19.4 Å². The molecule has 1 atom stereocenters. The van der Waals surface area contributed by atoms with Crippen LogP contribution in [-0.4, -0.2) is 64.8 Å². The van der Waals surface area contributed by atoms with Crippen LogP contribution in [0.4, 0.5) is 5.95 Å². The monoisotopic (exact) mass is 399 g/mol. The van der Waals surface area contributed by atoms with Gasteiger partial charge in [-0.25, -0.2) is 4.98 Å². The van der Waals surface area contributed by atoms with Crippen molar-refractivity contribution in [2.75, 3.05) is 38.3 Å². The van der Waals surface area contributed by atoms with Gasteiger partial charge in [0.1, 0.15) is 11.4 Å². The lowest BCUT2D eigenvalue weighted by atomic mass is 10.1. The standard InChI is InChI=1S/C19H25N7OS/c1-21-13-6-7-26(11-13)19-23-10-16(24-25-19)14-5-4-12(8-17(14)27)15(20)9-18(22-2)28-3/h4-5,8-10,13,21,27H,6-7,11,20H2,1-3H3. The molecule has 0 bridgehead atoms. The van der Waals surface area contributed by atoms with E-state index in [9.17, 15) is 5.11 Å². The maximum Gasteiger partial charge on any atom is 0.245 e. The number of phenolic OH excluding ortho intramolecular Hbond substituents is 1. The fourth-order valence-corrected chi connectivity index (χ4v) is 3.50. The van der Waals surface area contributed by atoms with Crippen molar-refractivity contribution in [2.45, 2.75) is 12.5 Å². The lowest BCUT2D eigenvalue weighted by Crippen LogP contribution is -2.30. The molecule has 0 saturated carbocycles. The minimum Gasteiger partial charge on any atom is -0.507 e. The lowest BCUT2D eigenvalue weighted by molar-refractivity contribution is 0.477. The van der Waals surface area contributed by atoms with Crippen molar-refractivity contribution in [3.63, 3.8) is 0 Å². The third-order valence-corrected chi connectivity index (χ3v) is 5.46. The molecule has 1 aromatic heterocycles. The molecular weight excluding hydrogens is 374 g/mol. The van der Waals surface area contributed by atoms with Gasteiger partial charge in [-0.1, -0.05) is 6.07 Å². The first-order valence-corrected chi connectivity index (χ1v) is 10.2. The molecule has 0 radical (unpaired) electrons. The minimum absolute atomic E-state index is 0.0771. The molecule has 1 unspecified atom stereocenters. The van der Waals surface area contributed by atoms with Gasteiger partial charge in [-0.15, -0.1) is 22.0 Å². The molecule has 8 nitrogen and oxygen atoms in total. The number of phenols is 1. The fourth-order valence-electron chi connectivity index (χ4n) is 3.07. The van der Waals surface area contributed by atoms with Crippen molar-refractivity contribution in [1.29, 1.82) is 0 Å². The predicted octanol–water partition coefficient (Wildman–Crippen LogP) is 1.73. The minimum atomic E-state index is 0.0771. The van der Waals surface area contributed by atoms with Crippen molar-refractivity contribution >= 4 is 28.5 Å². The molecule has 1 aliphatic heterocycles. The van der Waals surface area contributed by atoms with Crippen molar-refractivity contribution in [3.8, 4) is 17.0 Å². The number of aliphatic imine (C=N–C) groups is 1. The van der Waals surface area contributed by atoms with E-state index in [0.29, 0.717) is 34.5 Å². The number of aromatic nitrogens is 3. The van der Waals surface area contributed by atoms with Gasteiger partial charge in [-0.05, 0) is 37.9 Å². The second-order valence-corrected chi connectivity index (χ2v) is 7.29. The number of nitrogens with one attached hydrogen (secondary N) is 1. The third-order valence-electron chi connectivity index (χ3n) is 4.74. The molecule has 9 heteroatoms. The summed E-state index contributed by atoms with van der Waals surface area (Å²) in [6.07, 6.45) is 6.41. The first-order chi connectivity index (χ1) is 13.5. The van der Waals surface area contributed by atoms with Crippen LogP contribution in [0.2, 0.25) is 0 Å². The van der Waals surface area contributed by atoms with Crippen LogP contribution in [0.3, 0.4) is 0 Å². The molecule has 4 N–H and O–H groups in total. The third kappa shape index (κ3) is 4.42. The van der Waals surface area contributed by atoms with Crippen LogP contribution in [0, 0.1) is 0 Å². The van der Waals surface area contributed by atoms with E-state index < -0.39 is 0 Å². The number of nitrogens with zero attached hydrogens (tertiary/aromatic N) is 5. The molecule has 1 fully saturated rings. The van der Waals surface area contributed by atoms with Crippen LogP contribution in [0.15, 0.2) is 35.5 Å². The highest BCUT2D eigenvalue weighted by atomic mass is 32.2. The van der Waals surface area contributed by atoms with E-state index in [0.717, 1.165) is 24.6 Å². The molecule has 28 heavy (non-hydrogen) atoms. The first kappa shape index (κ1) is 20.1. The lowest BCUT2D eigenvalue weighted by Gasteiger charge is -2.15. The zero-order chi connectivity index (χ0) is 20.1. The molecule has 3 rings (SSSR count). The first-order valence-electron chi connectivity index (χ1n) is 8.99. The Labute approximate surface area is 169 Å². The number of rotatable bonds is 5. The van der Waals surface area contributed by atoms with Crippen LogP contribution in [-0.2, 0) is 0 Å². The highest BCUT2D eigenvalue weighted by molar-refractivity contribution is 8.13. The highest BCUT2D eigenvalue weighted by Crippen LogP contribution is 2.30. The summed E-state index contributed by atoms with van der Waals surface area (Å²) in [7, 11) is 3.67. The Hall–Kier alpha value is -2.65. The topological polar surface area (TPSA) is 113 Å². The van der Waals surface area contributed by atoms with Crippen molar-refractivity contribution in [1.82, 2.24) is 20.5 Å². The number of nitrogens with two attached hydrogens (primary N) is 1. The second kappa shape index (κ2) is 9.03. The fraction of sp³-hybridized carbons (Fsp3) is 0.368. The van der Waals surface area contributed by atoms with E-state index in [4.69, 9.17) is 5.73 Å². The van der Waals surface area contributed by atoms with Gasteiger partial charge in [0.25, 0.3) is 0 Å². The van der Waals surface area contributed by atoms with Crippen LogP contribution in [0.5, 0.6) is 5.75 Å². The van der Waals surface area contributed by atoms with Gasteiger partial charge in [0, 0.05) is 43.0 Å². The second-order valence-electron chi connectivity index (χ2n) is 6.46. The number of hydrogen-bond donors (Lipinski definition) is 3. The van der Waals surface area contributed by atoms with Crippen LogP contribution >= 0.6 is 11.8 Å². The number of likely N-dealkylation sites (N-methyl/N-ethyl adjacent to an activating group) is 1. The number of anilines is 1. The molecule has 2 heterocycles. The predicted molar refractivity (Wildman–Crippen MR) is 116 cm³/mol. The molecule has 0 amide bonds. The summed E-state index contributed by atoms with van der Waals surface area (Å²) >= 11 is 1.51. The van der Waals surface area contributed by atoms with E-state index in [1.165, 1.54) is 11.8 Å². The summed E-state index contributed by atoms with van der Waals surface area (Å²) in [6, 6.07) is 5.67. The smallest absolute Gasteiger partial charge is 0.245 e. The van der Waals surface area contributed by atoms with Crippen LogP contribution in [0.25, 0.3) is 17.0 Å². The Bertz CT molecular complexity index is 882. The Balaban J connectivity index is 1.79. The molecule has 0 aliphatic carbocycles. The SMILES string of the molecule is CN=C(C=C(N)c1ccc(-c2cnc(N3CCC(NC)C3)nn2)c(O)c1)SC. The van der Waals surface area contributed by atoms with Gasteiger partial charge in [0.2, 0.25) is 5.95 Å². The molecule has 1 saturated heterocycles. The zero-order valence-corrected chi connectivity index (χ0v) is 17.1. The molecule has 148 valence electrons. The highest BCUT2D eigenvalue weighted by Gasteiger charge is 2.23. The summed E-state index contributed by atoms with van der Waals surface area (Å²) < 4.78 is 0. The largest absolute Gasteiger partial charge is 0.507 e. The maximum absolute atomic E-state index is 10.5. The van der Waals surface area contributed by atoms with Crippen molar-refractivity contribution in [3.05, 3.63) is 36.0 Å². The zero-order valence-electron chi connectivity index (χ0n) is 16.3. The summed E-state index contributed by atoms with van der Waals surface area (Å²) in [4.78, 5) is 10.7. The molecule has 1 aromatic carbocycles. The number of benzene rings is 1. The number of thioether (sulfide) groups is 1. The summed E-state index contributed by atoms with van der Waals surface area (Å²) in [6.45, 7) is 1.76. The van der Waals surface area contributed by atoms with Gasteiger partial charge >= 0.3 is 0 Å².